The molecule has 0 bridgehead atoms. The summed E-state index contributed by atoms with van der Waals surface area (Å²) in [5, 5.41) is 0. The summed E-state index contributed by atoms with van der Waals surface area (Å²) in [6.45, 7) is 10.2. The Morgan fingerprint density at radius 2 is 1.77 bits per heavy atom. The molecule has 2 heterocycles. The van der Waals surface area contributed by atoms with Crippen molar-refractivity contribution in [2.75, 3.05) is 20.8 Å². The Bertz CT molecular complexity index is 1580. The maximum Gasteiger partial charge on any atom is 0.338 e. The molecule has 1 unspecified atom stereocenters. The molecule has 1 aliphatic rings. The van der Waals surface area contributed by atoms with Gasteiger partial charge in [0, 0.05) is 0 Å². The lowest BCUT2D eigenvalue weighted by Gasteiger charge is -2.25. The van der Waals surface area contributed by atoms with E-state index in [1.165, 1.54) is 11.3 Å². The summed E-state index contributed by atoms with van der Waals surface area (Å²) in [4.78, 5) is 32.3. The standard InChI is InChI=1S/C31H36N2O6S/c1-18(2)14-15-38-24-13-8-21(16-25(24)37-7)17-26-29(34)33-28(22-9-11-23(36-6)12-10-22)27(30(35)39-19(3)4)20(5)32-31(33)40-26/h8-13,16-19,28H,14-15H2,1-7H3/b26-17-. The van der Waals surface area contributed by atoms with E-state index in [0.717, 1.165) is 17.5 Å². The van der Waals surface area contributed by atoms with Crippen molar-refractivity contribution in [2.45, 2.75) is 53.2 Å². The van der Waals surface area contributed by atoms with Gasteiger partial charge in [0.25, 0.3) is 5.56 Å². The molecule has 212 valence electrons. The molecule has 0 N–H and O–H groups in total. The lowest BCUT2D eigenvalue weighted by atomic mass is 9.96. The van der Waals surface area contributed by atoms with Crippen molar-refractivity contribution in [1.29, 1.82) is 0 Å². The SMILES string of the molecule is COc1ccc(C2C(C(=O)OC(C)C)=C(C)N=c3s/c(=C\c4ccc(OCCC(C)C)c(OC)c4)c(=O)n32)cc1. The Morgan fingerprint density at radius 3 is 2.40 bits per heavy atom. The number of benzene rings is 2. The Kier molecular flexibility index (Phi) is 9.14. The van der Waals surface area contributed by atoms with Crippen molar-refractivity contribution < 1.29 is 23.7 Å². The second kappa shape index (κ2) is 12.6. The molecule has 40 heavy (non-hydrogen) atoms. The van der Waals surface area contributed by atoms with Crippen LogP contribution in [0.4, 0.5) is 0 Å². The minimum absolute atomic E-state index is 0.247. The molecule has 0 spiro atoms. The third kappa shape index (κ3) is 6.31. The van der Waals surface area contributed by atoms with Crippen LogP contribution >= 0.6 is 11.3 Å². The Labute approximate surface area is 238 Å². The molecular weight excluding hydrogens is 528 g/mol. The predicted octanol–water partition coefficient (Wildman–Crippen LogP) is 4.63. The molecule has 1 aromatic heterocycles. The van der Waals surface area contributed by atoms with Gasteiger partial charge in [-0.05, 0) is 74.6 Å². The summed E-state index contributed by atoms with van der Waals surface area (Å²) in [6.07, 6.45) is 2.43. The summed E-state index contributed by atoms with van der Waals surface area (Å²) in [6, 6.07) is 12.2. The zero-order chi connectivity index (χ0) is 29.0. The van der Waals surface area contributed by atoms with Gasteiger partial charge in [0.2, 0.25) is 0 Å². The van der Waals surface area contributed by atoms with E-state index in [-0.39, 0.29) is 11.7 Å². The molecule has 0 saturated carbocycles. The van der Waals surface area contributed by atoms with Crippen LogP contribution in [-0.4, -0.2) is 37.5 Å². The Morgan fingerprint density at radius 1 is 1.05 bits per heavy atom. The minimum atomic E-state index is -0.693. The fourth-order valence-electron chi connectivity index (χ4n) is 4.41. The molecule has 9 heteroatoms. The first-order valence-corrected chi connectivity index (χ1v) is 14.1. The lowest BCUT2D eigenvalue weighted by molar-refractivity contribution is -0.143. The number of rotatable bonds is 10. The monoisotopic (exact) mass is 564 g/mol. The molecule has 8 nitrogen and oxygen atoms in total. The number of carbonyl (C=O) groups excluding carboxylic acids is 1. The molecule has 0 saturated heterocycles. The highest BCUT2D eigenvalue weighted by atomic mass is 32.1. The number of carbonyl (C=O) groups is 1. The van der Waals surface area contributed by atoms with Gasteiger partial charge in [-0.25, -0.2) is 9.79 Å². The summed E-state index contributed by atoms with van der Waals surface area (Å²) in [5.74, 6) is 1.97. The largest absolute Gasteiger partial charge is 0.497 e. The second-order valence-electron chi connectivity index (χ2n) is 10.3. The third-order valence-corrected chi connectivity index (χ3v) is 7.44. The number of hydrogen-bond donors (Lipinski definition) is 0. The second-order valence-corrected chi connectivity index (χ2v) is 11.3. The summed E-state index contributed by atoms with van der Waals surface area (Å²) in [5.41, 5.74) is 2.15. The molecule has 2 aromatic carbocycles. The highest BCUT2D eigenvalue weighted by Gasteiger charge is 2.33. The van der Waals surface area contributed by atoms with Crippen LogP contribution in [0.2, 0.25) is 0 Å². The van der Waals surface area contributed by atoms with Gasteiger partial charge in [0.05, 0.1) is 48.8 Å². The van der Waals surface area contributed by atoms with Crippen LogP contribution in [0.1, 0.15) is 58.2 Å². The highest BCUT2D eigenvalue weighted by Crippen LogP contribution is 2.32. The number of thiazole rings is 1. The van der Waals surface area contributed by atoms with Crippen LogP contribution in [0.5, 0.6) is 17.2 Å². The number of nitrogens with zero attached hydrogens (tertiary/aromatic N) is 2. The van der Waals surface area contributed by atoms with Crippen LogP contribution in [0, 0.1) is 5.92 Å². The first kappa shape index (κ1) is 29.1. The van der Waals surface area contributed by atoms with Crippen LogP contribution in [0.3, 0.4) is 0 Å². The van der Waals surface area contributed by atoms with Crippen molar-refractivity contribution in [2.24, 2.45) is 10.9 Å². The number of fused-ring (bicyclic) bond motifs is 1. The van der Waals surface area contributed by atoms with Gasteiger partial charge < -0.3 is 18.9 Å². The van der Waals surface area contributed by atoms with E-state index in [1.807, 2.05) is 42.5 Å². The van der Waals surface area contributed by atoms with Crippen molar-refractivity contribution >= 4 is 23.4 Å². The average Bonchev–Trinajstić information content (AvgIpc) is 3.21. The number of methoxy groups -OCH3 is 2. The lowest BCUT2D eigenvalue weighted by Crippen LogP contribution is -2.40. The number of hydrogen-bond acceptors (Lipinski definition) is 8. The molecule has 3 aromatic rings. The van der Waals surface area contributed by atoms with Crippen LogP contribution in [0.15, 0.2) is 63.5 Å². The first-order valence-electron chi connectivity index (χ1n) is 13.3. The number of ether oxygens (including phenoxy) is 4. The van der Waals surface area contributed by atoms with Crippen LogP contribution < -0.4 is 29.1 Å². The van der Waals surface area contributed by atoms with E-state index in [0.29, 0.717) is 50.4 Å². The van der Waals surface area contributed by atoms with E-state index in [4.69, 9.17) is 18.9 Å². The quantitative estimate of drug-likeness (QED) is 0.334. The van der Waals surface area contributed by atoms with Gasteiger partial charge in [-0.2, -0.15) is 0 Å². The number of allylic oxidation sites excluding steroid dienone is 1. The Hall–Kier alpha value is -3.85. The topological polar surface area (TPSA) is 88.4 Å². The van der Waals surface area contributed by atoms with Crippen molar-refractivity contribution in [3.05, 3.63) is 84.5 Å². The summed E-state index contributed by atoms with van der Waals surface area (Å²) in [7, 11) is 3.19. The zero-order valence-corrected chi connectivity index (χ0v) is 24.8. The van der Waals surface area contributed by atoms with Gasteiger partial charge in [-0.15, -0.1) is 0 Å². The Balaban J connectivity index is 1.80. The van der Waals surface area contributed by atoms with E-state index in [9.17, 15) is 9.59 Å². The molecule has 4 rings (SSSR count). The fraction of sp³-hybridized carbons (Fsp3) is 0.387. The molecular formula is C31H36N2O6S. The van der Waals surface area contributed by atoms with E-state index >= 15 is 0 Å². The molecule has 0 aliphatic carbocycles. The smallest absolute Gasteiger partial charge is 0.338 e. The van der Waals surface area contributed by atoms with Gasteiger partial charge in [-0.1, -0.05) is 43.4 Å². The van der Waals surface area contributed by atoms with Gasteiger partial charge >= 0.3 is 5.97 Å². The molecule has 0 radical (unpaired) electrons. The number of aromatic nitrogens is 1. The van der Waals surface area contributed by atoms with Crippen molar-refractivity contribution in [3.8, 4) is 17.2 Å². The summed E-state index contributed by atoms with van der Waals surface area (Å²) < 4.78 is 24.4. The predicted molar refractivity (Wildman–Crippen MR) is 156 cm³/mol. The van der Waals surface area contributed by atoms with Crippen LogP contribution in [0.25, 0.3) is 6.08 Å². The molecule has 0 amide bonds. The molecule has 1 aliphatic heterocycles. The van der Waals surface area contributed by atoms with Gasteiger partial charge in [0.15, 0.2) is 16.3 Å². The average molecular weight is 565 g/mol. The maximum atomic E-state index is 13.9. The van der Waals surface area contributed by atoms with E-state index in [2.05, 4.69) is 18.8 Å². The molecule has 0 fully saturated rings. The van der Waals surface area contributed by atoms with E-state index < -0.39 is 12.0 Å². The highest BCUT2D eigenvalue weighted by molar-refractivity contribution is 7.07. The first-order chi connectivity index (χ1) is 19.1. The van der Waals surface area contributed by atoms with Gasteiger partial charge in [-0.3, -0.25) is 9.36 Å². The minimum Gasteiger partial charge on any atom is -0.497 e. The van der Waals surface area contributed by atoms with Crippen molar-refractivity contribution in [1.82, 2.24) is 4.57 Å². The zero-order valence-electron chi connectivity index (χ0n) is 24.0. The normalized spacial score (nSPS) is 15.2. The molecule has 1 atom stereocenters. The summed E-state index contributed by atoms with van der Waals surface area (Å²) >= 11 is 1.27. The third-order valence-electron chi connectivity index (χ3n) is 6.45. The number of esters is 1. The maximum absolute atomic E-state index is 13.9. The van der Waals surface area contributed by atoms with Gasteiger partial charge in [0.1, 0.15) is 5.75 Å². The van der Waals surface area contributed by atoms with Crippen LogP contribution in [-0.2, 0) is 9.53 Å². The van der Waals surface area contributed by atoms with E-state index in [1.54, 1.807) is 45.6 Å². The fourth-order valence-corrected chi connectivity index (χ4v) is 5.46. The van der Waals surface area contributed by atoms with Crippen molar-refractivity contribution in [3.63, 3.8) is 0 Å².